The summed E-state index contributed by atoms with van der Waals surface area (Å²) >= 11 is 7.52. The molecule has 6 heteroatoms. The SMILES string of the molecule is O=C(O)C(CC=CS)(CC=CS)C(=O)O. The molecule has 0 amide bonds. The van der Waals surface area contributed by atoms with Crippen LogP contribution in [0.25, 0.3) is 0 Å². The van der Waals surface area contributed by atoms with Gasteiger partial charge in [-0.1, -0.05) is 12.2 Å². The van der Waals surface area contributed by atoms with E-state index < -0.39 is 17.4 Å². The van der Waals surface area contributed by atoms with E-state index in [0.29, 0.717) is 0 Å². The Kier molecular flexibility index (Phi) is 6.19. The predicted octanol–water partition coefficient (Wildman–Crippen LogP) is 1.81. The fourth-order valence-electron chi connectivity index (χ4n) is 1.03. The molecule has 0 saturated carbocycles. The number of rotatable bonds is 6. The summed E-state index contributed by atoms with van der Waals surface area (Å²) in [5.74, 6) is -2.74. The monoisotopic (exact) mass is 248 g/mol. The zero-order chi connectivity index (χ0) is 11.9. The van der Waals surface area contributed by atoms with Crippen LogP contribution in [0.2, 0.25) is 0 Å². The van der Waals surface area contributed by atoms with E-state index in [9.17, 15) is 9.59 Å². The lowest BCUT2D eigenvalue weighted by Gasteiger charge is -2.21. The molecule has 0 saturated heterocycles. The van der Waals surface area contributed by atoms with Gasteiger partial charge in [0.15, 0.2) is 5.41 Å². The van der Waals surface area contributed by atoms with Crippen LogP contribution in [0.5, 0.6) is 0 Å². The van der Waals surface area contributed by atoms with Gasteiger partial charge in [0.2, 0.25) is 0 Å². The summed E-state index contributed by atoms with van der Waals surface area (Å²) in [5.41, 5.74) is -1.83. The maximum Gasteiger partial charge on any atom is 0.321 e. The van der Waals surface area contributed by atoms with Crippen LogP contribution in [0.4, 0.5) is 0 Å². The minimum atomic E-state index is -1.83. The molecule has 0 rings (SSSR count). The summed E-state index contributed by atoms with van der Waals surface area (Å²) in [4.78, 5) is 22.0. The van der Waals surface area contributed by atoms with Crippen molar-refractivity contribution >= 4 is 37.2 Å². The molecule has 0 heterocycles. The third-order valence-electron chi connectivity index (χ3n) is 1.96. The Morgan fingerprint density at radius 2 is 1.33 bits per heavy atom. The number of aliphatic carboxylic acids is 2. The Morgan fingerprint density at radius 3 is 1.53 bits per heavy atom. The van der Waals surface area contributed by atoms with Gasteiger partial charge in [-0.3, -0.25) is 9.59 Å². The maximum atomic E-state index is 11.0. The molecule has 0 aromatic heterocycles. The lowest BCUT2D eigenvalue weighted by molar-refractivity contribution is -0.164. The van der Waals surface area contributed by atoms with Crippen molar-refractivity contribution in [3.8, 4) is 0 Å². The van der Waals surface area contributed by atoms with Gasteiger partial charge in [-0.25, -0.2) is 0 Å². The predicted molar refractivity (Wildman–Crippen MR) is 63.2 cm³/mol. The van der Waals surface area contributed by atoms with Crippen LogP contribution in [0.15, 0.2) is 23.0 Å². The van der Waals surface area contributed by atoms with Gasteiger partial charge in [0.25, 0.3) is 0 Å². The second-order valence-corrected chi connectivity index (χ2v) is 3.47. The van der Waals surface area contributed by atoms with Crippen molar-refractivity contribution < 1.29 is 19.8 Å². The van der Waals surface area contributed by atoms with Crippen LogP contribution in [0.3, 0.4) is 0 Å². The summed E-state index contributed by atoms with van der Waals surface area (Å²) in [5, 5.41) is 20.5. The molecule has 0 aliphatic carbocycles. The average molecular weight is 248 g/mol. The van der Waals surface area contributed by atoms with E-state index in [1.807, 2.05) is 0 Å². The normalized spacial score (nSPS) is 12.4. The molecule has 0 spiro atoms. The Labute approximate surface area is 98.5 Å². The van der Waals surface area contributed by atoms with Crippen molar-refractivity contribution in [2.24, 2.45) is 5.41 Å². The van der Waals surface area contributed by atoms with Crippen LogP contribution in [-0.4, -0.2) is 22.2 Å². The Bertz CT molecular complexity index is 266. The zero-order valence-electron chi connectivity index (χ0n) is 7.83. The minimum Gasteiger partial charge on any atom is -0.480 e. The van der Waals surface area contributed by atoms with Crippen LogP contribution >= 0.6 is 25.3 Å². The van der Waals surface area contributed by atoms with Crippen LogP contribution in [0.1, 0.15) is 12.8 Å². The summed E-state index contributed by atoms with van der Waals surface area (Å²) < 4.78 is 0. The Morgan fingerprint density at radius 1 is 1.00 bits per heavy atom. The molecule has 84 valence electrons. The van der Waals surface area contributed by atoms with Crippen molar-refractivity contribution in [1.29, 1.82) is 0 Å². The minimum absolute atomic E-state index is 0.112. The van der Waals surface area contributed by atoms with Crippen LogP contribution < -0.4 is 0 Å². The molecule has 2 N–H and O–H groups in total. The van der Waals surface area contributed by atoms with Gasteiger partial charge in [0, 0.05) is 0 Å². The van der Waals surface area contributed by atoms with Gasteiger partial charge < -0.3 is 10.2 Å². The molecule has 0 aromatic rings. The molecule has 0 aromatic carbocycles. The third-order valence-corrected chi connectivity index (χ3v) is 2.38. The average Bonchev–Trinajstić information content (AvgIpc) is 2.17. The largest absolute Gasteiger partial charge is 0.480 e. The number of carboxylic acid groups (broad SMARTS) is 2. The molecular weight excluding hydrogens is 236 g/mol. The van der Waals surface area contributed by atoms with E-state index in [0.717, 1.165) is 0 Å². The first kappa shape index (κ1) is 14.1. The number of carboxylic acids is 2. The molecule has 0 radical (unpaired) electrons. The summed E-state index contributed by atoms with van der Waals surface area (Å²) in [6, 6.07) is 0. The number of hydrogen-bond acceptors (Lipinski definition) is 4. The van der Waals surface area contributed by atoms with E-state index >= 15 is 0 Å². The molecular formula is C9H12O4S2. The molecule has 0 aliphatic rings. The number of hydrogen-bond donors (Lipinski definition) is 4. The Balaban J connectivity index is 5.06. The summed E-state index contributed by atoms with van der Waals surface area (Å²) in [6.07, 6.45) is 2.58. The highest BCUT2D eigenvalue weighted by atomic mass is 32.1. The molecule has 4 nitrogen and oxygen atoms in total. The molecule has 0 unspecified atom stereocenters. The number of thiol groups is 2. The van der Waals surface area contributed by atoms with E-state index in [1.54, 1.807) is 0 Å². The van der Waals surface area contributed by atoms with Crippen molar-refractivity contribution in [3.05, 3.63) is 23.0 Å². The third kappa shape index (κ3) is 3.64. The second kappa shape index (κ2) is 6.58. The lowest BCUT2D eigenvalue weighted by atomic mass is 9.81. The summed E-state index contributed by atoms with van der Waals surface area (Å²) in [6.45, 7) is 0. The lowest BCUT2D eigenvalue weighted by Crippen LogP contribution is -2.38. The smallest absolute Gasteiger partial charge is 0.321 e. The first-order chi connectivity index (χ1) is 7.01. The van der Waals surface area contributed by atoms with Gasteiger partial charge in [0.1, 0.15) is 0 Å². The first-order valence-electron chi connectivity index (χ1n) is 4.06. The topological polar surface area (TPSA) is 74.6 Å². The van der Waals surface area contributed by atoms with Crippen molar-refractivity contribution in [2.75, 3.05) is 0 Å². The van der Waals surface area contributed by atoms with Crippen molar-refractivity contribution in [1.82, 2.24) is 0 Å². The van der Waals surface area contributed by atoms with E-state index in [4.69, 9.17) is 10.2 Å². The number of allylic oxidation sites excluding steroid dienone is 2. The summed E-state index contributed by atoms with van der Waals surface area (Å²) in [7, 11) is 0. The van der Waals surface area contributed by atoms with Crippen LogP contribution in [-0.2, 0) is 9.59 Å². The van der Waals surface area contributed by atoms with Gasteiger partial charge >= 0.3 is 11.9 Å². The molecule has 15 heavy (non-hydrogen) atoms. The molecule has 0 fully saturated rings. The fourth-order valence-corrected chi connectivity index (χ4v) is 1.24. The van der Waals surface area contributed by atoms with Gasteiger partial charge in [0.05, 0.1) is 0 Å². The van der Waals surface area contributed by atoms with Gasteiger partial charge in [-0.05, 0) is 23.7 Å². The fraction of sp³-hybridized carbons (Fsp3) is 0.333. The standard InChI is InChI=1S/C9H12O4S2/c10-7(11)9(8(12)13,3-1-5-14)4-2-6-15/h1-2,5-6,14-15H,3-4H2,(H,10,11)(H,12,13). The first-order valence-corrected chi connectivity index (χ1v) is 5.09. The van der Waals surface area contributed by atoms with E-state index in [-0.39, 0.29) is 12.8 Å². The van der Waals surface area contributed by atoms with Crippen molar-refractivity contribution in [3.63, 3.8) is 0 Å². The number of carbonyl (C=O) groups is 2. The molecule has 0 bridgehead atoms. The van der Waals surface area contributed by atoms with Crippen molar-refractivity contribution in [2.45, 2.75) is 12.8 Å². The quantitative estimate of drug-likeness (QED) is 0.427. The Hall–Kier alpha value is -0.880. The zero-order valence-corrected chi connectivity index (χ0v) is 9.62. The van der Waals surface area contributed by atoms with E-state index in [1.165, 1.54) is 23.0 Å². The highest BCUT2D eigenvalue weighted by Crippen LogP contribution is 2.29. The maximum absolute atomic E-state index is 11.0. The molecule has 0 atom stereocenters. The van der Waals surface area contributed by atoms with Crippen LogP contribution in [0, 0.1) is 5.41 Å². The highest BCUT2D eigenvalue weighted by Gasteiger charge is 2.44. The molecule has 0 aliphatic heterocycles. The van der Waals surface area contributed by atoms with E-state index in [2.05, 4.69) is 25.3 Å². The van der Waals surface area contributed by atoms with Gasteiger partial charge in [-0.15, -0.1) is 0 Å². The second-order valence-electron chi connectivity index (χ2n) is 2.87. The van der Waals surface area contributed by atoms with Gasteiger partial charge in [-0.2, -0.15) is 25.3 Å². The highest BCUT2D eigenvalue weighted by molar-refractivity contribution is 7.83.